The van der Waals surface area contributed by atoms with Gasteiger partial charge in [-0.2, -0.15) is 0 Å². The zero-order chi connectivity index (χ0) is 5.61. The van der Waals surface area contributed by atoms with Gasteiger partial charge in [0.15, 0.2) is 0 Å². The first-order chi connectivity index (χ1) is 3.81. The molecule has 1 radical (unpaired) electrons. The Balaban J connectivity index is 2.04. The van der Waals surface area contributed by atoms with Crippen LogP contribution in [0.15, 0.2) is 0 Å². The molecule has 1 unspecified atom stereocenters. The van der Waals surface area contributed by atoms with Crippen LogP contribution in [-0.4, -0.2) is 5.60 Å². The van der Waals surface area contributed by atoms with Crippen molar-refractivity contribution in [1.29, 1.82) is 0 Å². The summed E-state index contributed by atoms with van der Waals surface area (Å²) >= 11 is 0. The molecule has 0 bridgehead atoms. The lowest BCUT2D eigenvalue weighted by atomic mass is 9.91. The maximum absolute atomic E-state index is 5.38. The largest absolute Gasteiger partial charge is 0.360 e. The van der Waals surface area contributed by atoms with Crippen LogP contribution in [0.3, 0.4) is 0 Å². The van der Waals surface area contributed by atoms with E-state index in [4.69, 9.17) is 4.74 Å². The number of hydrogen-bond donors (Lipinski definition) is 0. The maximum atomic E-state index is 5.38. The summed E-state index contributed by atoms with van der Waals surface area (Å²) in [6.45, 7) is 2.20. The number of hydrogen-bond acceptors (Lipinski definition) is 1. The highest BCUT2D eigenvalue weighted by molar-refractivity contribution is 5.16. The Labute approximate surface area is 50.0 Å². The summed E-state index contributed by atoms with van der Waals surface area (Å²) in [6.07, 6.45) is 6.58. The minimum absolute atomic E-state index is 0.262. The Hall–Kier alpha value is -0.0400. The lowest BCUT2D eigenvalue weighted by Crippen LogP contribution is -2.09. The van der Waals surface area contributed by atoms with Crippen molar-refractivity contribution in [3.05, 3.63) is 6.10 Å². The molecule has 0 aromatic rings. The van der Waals surface area contributed by atoms with Gasteiger partial charge in [-0.3, -0.25) is 0 Å². The SMILES string of the molecule is CC12CCCC[C]1O2. The van der Waals surface area contributed by atoms with Crippen LogP contribution in [0.5, 0.6) is 0 Å². The molecule has 0 N–H and O–H groups in total. The average Bonchev–Trinajstić information content (AvgIpc) is 2.39. The van der Waals surface area contributed by atoms with E-state index in [9.17, 15) is 0 Å². The summed E-state index contributed by atoms with van der Waals surface area (Å²) in [4.78, 5) is 0. The van der Waals surface area contributed by atoms with Gasteiger partial charge in [-0.15, -0.1) is 0 Å². The summed E-state index contributed by atoms with van der Waals surface area (Å²) < 4.78 is 5.38. The van der Waals surface area contributed by atoms with Crippen molar-refractivity contribution in [2.45, 2.75) is 38.2 Å². The molecule has 2 fully saturated rings. The Morgan fingerprint density at radius 1 is 1.50 bits per heavy atom. The highest BCUT2D eigenvalue weighted by Crippen LogP contribution is 2.53. The van der Waals surface area contributed by atoms with Gasteiger partial charge in [0.1, 0.15) is 6.10 Å². The van der Waals surface area contributed by atoms with Crippen molar-refractivity contribution in [3.8, 4) is 0 Å². The predicted octanol–water partition coefficient (Wildman–Crippen LogP) is 1.88. The second-order valence-electron chi connectivity index (χ2n) is 2.96. The topological polar surface area (TPSA) is 12.5 Å². The Kier molecular flexibility index (Phi) is 0.762. The summed E-state index contributed by atoms with van der Waals surface area (Å²) in [5, 5.41) is 0. The molecule has 0 spiro atoms. The van der Waals surface area contributed by atoms with Crippen LogP contribution in [0.25, 0.3) is 0 Å². The Bertz CT molecular complexity index is 109. The van der Waals surface area contributed by atoms with E-state index >= 15 is 0 Å². The van der Waals surface area contributed by atoms with E-state index in [0.717, 1.165) is 0 Å². The van der Waals surface area contributed by atoms with Gasteiger partial charge in [-0.05, 0) is 19.8 Å². The first-order valence-corrected chi connectivity index (χ1v) is 3.37. The van der Waals surface area contributed by atoms with Crippen LogP contribution < -0.4 is 0 Å². The highest BCUT2D eigenvalue weighted by atomic mass is 16.6. The van der Waals surface area contributed by atoms with E-state index in [0.29, 0.717) is 0 Å². The summed E-state index contributed by atoms with van der Waals surface area (Å²) in [5.41, 5.74) is 0.262. The van der Waals surface area contributed by atoms with Crippen molar-refractivity contribution >= 4 is 0 Å². The van der Waals surface area contributed by atoms with Crippen molar-refractivity contribution in [2.75, 3.05) is 0 Å². The second-order valence-corrected chi connectivity index (χ2v) is 2.96. The molecule has 1 aliphatic carbocycles. The monoisotopic (exact) mass is 111 g/mol. The van der Waals surface area contributed by atoms with Crippen LogP contribution in [0.2, 0.25) is 0 Å². The molecule has 1 aliphatic heterocycles. The van der Waals surface area contributed by atoms with E-state index in [1.807, 2.05) is 0 Å². The molecule has 0 aromatic carbocycles. The number of rotatable bonds is 0. The third-order valence-electron chi connectivity index (χ3n) is 2.20. The first kappa shape index (κ1) is 4.80. The highest BCUT2D eigenvalue weighted by Gasteiger charge is 2.54. The minimum Gasteiger partial charge on any atom is -0.360 e. The molecule has 2 rings (SSSR count). The normalized spacial score (nSPS) is 46.1. The molecule has 0 amide bonds. The molecule has 1 heteroatoms. The zero-order valence-electron chi connectivity index (χ0n) is 5.24. The molecule has 1 saturated carbocycles. The van der Waals surface area contributed by atoms with Crippen LogP contribution in [0.1, 0.15) is 32.6 Å². The standard InChI is InChI=1S/C7H11O/c1-7-5-3-2-4-6(7)8-7/h2-5H2,1H3. The molecule has 0 aromatic heterocycles. The third kappa shape index (κ3) is 0.510. The molecular formula is C7H11O. The maximum Gasteiger partial charge on any atom is 0.129 e. The smallest absolute Gasteiger partial charge is 0.129 e. The zero-order valence-corrected chi connectivity index (χ0v) is 5.24. The fourth-order valence-electron chi connectivity index (χ4n) is 1.50. The van der Waals surface area contributed by atoms with Gasteiger partial charge in [0.2, 0.25) is 0 Å². The van der Waals surface area contributed by atoms with E-state index in [-0.39, 0.29) is 5.60 Å². The molecule has 45 valence electrons. The molecule has 2 aliphatic rings. The lowest BCUT2D eigenvalue weighted by molar-refractivity contribution is 0.312. The van der Waals surface area contributed by atoms with Crippen LogP contribution in [-0.2, 0) is 4.74 Å². The van der Waals surface area contributed by atoms with E-state index < -0.39 is 0 Å². The molecule has 1 atom stereocenters. The molecule has 1 nitrogen and oxygen atoms in total. The number of epoxide rings is 1. The van der Waals surface area contributed by atoms with Gasteiger partial charge in [-0.25, -0.2) is 0 Å². The van der Waals surface area contributed by atoms with Crippen molar-refractivity contribution in [2.24, 2.45) is 0 Å². The van der Waals surface area contributed by atoms with Crippen molar-refractivity contribution < 1.29 is 4.74 Å². The molecular weight excluding hydrogens is 100 g/mol. The van der Waals surface area contributed by atoms with Gasteiger partial charge in [0.05, 0.1) is 5.60 Å². The van der Waals surface area contributed by atoms with Gasteiger partial charge >= 0.3 is 0 Å². The van der Waals surface area contributed by atoms with E-state index in [1.165, 1.54) is 31.8 Å². The minimum atomic E-state index is 0.262. The quantitative estimate of drug-likeness (QED) is 0.435. The van der Waals surface area contributed by atoms with Crippen LogP contribution >= 0.6 is 0 Å². The van der Waals surface area contributed by atoms with Gasteiger partial charge < -0.3 is 4.74 Å². The van der Waals surface area contributed by atoms with Gasteiger partial charge in [-0.1, -0.05) is 12.8 Å². The van der Waals surface area contributed by atoms with Crippen molar-refractivity contribution in [3.63, 3.8) is 0 Å². The molecule has 1 heterocycles. The van der Waals surface area contributed by atoms with E-state index in [1.54, 1.807) is 0 Å². The lowest BCUT2D eigenvalue weighted by Gasteiger charge is -2.09. The average molecular weight is 111 g/mol. The van der Waals surface area contributed by atoms with Gasteiger partial charge in [0.25, 0.3) is 0 Å². The summed E-state index contributed by atoms with van der Waals surface area (Å²) in [5.74, 6) is 0. The van der Waals surface area contributed by atoms with E-state index in [2.05, 4.69) is 6.92 Å². The fraction of sp³-hybridized carbons (Fsp3) is 0.857. The molecule has 8 heavy (non-hydrogen) atoms. The Morgan fingerprint density at radius 2 is 2.38 bits per heavy atom. The summed E-state index contributed by atoms with van der Waals surface area (Å²) in [7, 11) is 0. The number of fused-ring (bicyclic) bond motifs is 1. The summed E-state index contributed by atoms with van der Waals surface area (Å²) in [6, 6.07) is 0. The molecule has 1 saturated heterocycles. The third-order valence-corrected chi connectivity index (χ3v) is 2.20. The van der Waals surface area contributed by atoms with Crippen LogP contribution in [0, 0.1) is 6.10 Å². The second kappa shape index (κ2) is 1.27. The first-order valence-electron chi connectivity index (χ1n) is 3.37. The van der Waals surface area contributed by atoms with Crippen LogP contribution in [0.4, 0.5) is 0 Å². The van der Waals surface area contributed by atoms with Crippen molar-refractivity contribution in [1.82, 2.24) is 0 Å². The van der Waals surface area contributed by atoms with Gasteiger partial charge in [0, 0.05) is 0 Å². The number of ether oxygens (including phenoxy) is 1. The predicted molar refractivity (Wildman–Crippen MR) is 31.2 cm³/mol. The fourth-order valence-corrected chi connectivity index (χ4v) is 1.50. The Morgan fingerprint density at radius 3 is 2.88 bits per heavy atom.